The van der Waals surface area contributed by atoms with Gasteiger partial charge in [0.05, 0.1) is 0 Å². The van der Waals surface area contributed by atoms with Crippen LogP contribution in [0.15, 0.2) is 24.3 Å². The van der Waals surface area contributed by atoms with E-state index in [4.69, 9.17) is 0 Å². The van der Waals surface area contributed by atoms with Crippen LogP contribution in [0.4, 0.5) is 5.69 Å². The molecule has 1 unspecified atom stereocenters. The molecule has 14 heavy (non-hydrogen) atoms. The molecule has 1 fully saturated rings. The topological polar surface area (TPSA) is 37.4 Å². The first-order chi connectivity index (χ1) is 6.81. The minimum absolute atomic E-state index is 0.652. The van der Waals surface area contributed by atoms with E-state index in [1.807, 2.05) is 16.4 Å². The number of aldehydes is 1. The van der Waals surface area contributed by atoms with Gasteiger partial charge in [0.15, 0.2) is 0 Å². The molecular weight excluding hydrogens is 198 g/mol. The summed E-state index contributed by atoms with van der Waals surface area (Å²) in [6.07, 6.45) is 1.78. The molecule has 0 spiro atoms. The monoisotopic (exact) mass is 209 g/mol. The lowest BCUT2D eigenvalue weighted by Crippen LogP contribution is -2.19. The Labute approximate surface area is 85.3 Å². The van der Waals surface area contributed by atoms with Gasteiger partial charge in [0.2, 0.25) is 0 Å². The van der Waals surface area contributed by atoms with Crippen molar-refractivity contribution in [1.82, 2.24) is 0 Å². The van der Waals surface area contributed by atoms with E-state index in [1.165, 1.54) is 0 Å². The Morgan fingerprint density at radius 3 is 2.50 bits per heavy atom. The van der Waals surface area contributed by atoms with Gasteiger partial charge in [0.1, 0.15) is 17.3 Å². The van der Waals surface area contributed by atoms with Gasteiger partial charge in [-0.3, -0.25) is 9.10 Å². The normalized spacial score (nSPS) is 21.1. The third-order valence-corrected chi connectivity index (χ3v) is 3.77. The van der Waals surface area contributed by atoms with E-state index in [0.717, 1.165) is 30.7 Å². The summed E-state index contributed by atoms with van der Waals surface area (Å²) in [5.41, 5.74) is 1.59. The average molecular weight is 209 g/mol. The van der Waals surface area contributed by atoms with Crippen molar-refractivity contribution in [2.75, 3.05) is 16.6 Å². The van der Waals surface area contributed by atoms with Crippen molar-refractivity contribution in [3.63, 3.8) is 0 Å². The summed E-state index contributed by atoms with van der Waals surface area (Å²) in [5.74, 6) is 0.745. The molecule has 1 atom stereocenters. The highest BCUT2D eigenvalue weighted by atomic mass is 32.2. The summed E-state index contributed by atoms with van der Waals surface area (Å²) in [5, 5.41) is 0. The highest BCUT2D eigenvalue weighted by Crippen LogP contribution is 2.21. The fourth-order valence-electron chi connectivity index (χ4n) is 1.51. The molecule has 74 valence electrons. The van der Waals surface area contributed by atoms with E-state index in [0.29, 0.717) is 5.56 Å². The lowest BCUT2D eigenvalue weighted by Gasteiger charge is -2.15. The average Bonchev–Trinajstić information content (AvgIpc) is 2.65. The standard InChI is InChI=1S/C10H11NO2S/c12-8-9-2-4-10(5-3-9)11-6-1-7-14(11)13/h2-5,8H,1,6-7H2. The molecule has 1 heterocycles. The van der Waals surface area contributed by atoms with Crippen molar-refractivity contribution < 1.29 is 9.00 Å². The fraction of sp³-hybridized carbons (Fsp3) is 0.300. The second kappa shape index (κ2) is 3.92. The highest BCUT2D eigenvalue weighted by Gasteiger charge is 2.19. The molecule has 0 amide bonds. The molecule has 0 aliphatic carbocycles. The fourth-order valence-corrected chi connectivity index (χ4v) is 2.80. The van der Waals surface area contributed by atoms with Crippen LogP contribution in [0.1, 0.15) is 16.8 Å². The van der Waals surface area contributed by atoms with Gasteiger partial charge < -0.3 is 0 Å². The molecule has 0 aromatic heterocycles. The van der Waals surface area contributed by atoms with Crippen LogP contribution in [0, 0.1) is 0 Å². The molecule has 0 saturated carbocycles. The van der Waals surface area contributed by atoms with Crippen molar-refractivity contribution in [3.8, 4) is 0 Å². The Kier molecular flexibility index (Phi) is 2.63. The van der Waals surface area contributed by atoms with Crippen LogP contribution in [0.25, 0.3) is 0 Å². The van der Waals surface area contributed by atoms with Gasteiger partial charge in [-0.1, -0.05) is 0 Å². The maximum atomic E-state index is 11.5. The van der Waals surface area contributed by atoms with Gasteiger partial charge in [-0.15, -0.1) is 0 Å². The summed E-state index contributed by atoms with van der Waals surface area (Å²) >= 11 is 0. The summed E-state index contributed by atoms with van der Waals surface area (Å²) in [4.78, 5) is 10.4. The number of hydrogen-bond acceptors (Lipinski definition) is 2. The van der Waals surface area contributed by atoms with Crippen LogP contribution < -0.4 is 4.31 Å². The van der Waals surface area contributed by atoms with Crippen molar-refractivity contribution in [3.05, 3.63) is 29.8 Å². The van der Waals surface area contributed by atoms with E-state index >= 15 is 0 Å². The molecule has 1 aliphatic rings. The van der Waals surface area contributed by atoms with Gasteiger partial charge in [0.25, 0.3) is 0 Å². The predicted molar refractivity (Wildman–Crippen MR) is 56.8 cm³/mol. The van der Waals surface area contributed by atoms with E-state index in [-0.39, 0.29) is 0 Å². The number of benzene rings is 1. The molecule has 4 heteroatoms. The van der Waals surface area contributed by atoms with Gasteiger partial charge in [-0.05, 0) is 30.7 Å². The maximum Gasteiger partial charge on any atom is 0.150 e. The van der Waals surface area contributed by atoms with E-state index in [9.17, 15) is 9.00 Å². The maximum absolute atomic E-state index is 11.5. The lowest BCUT2D eigenvalue weighted by molar-refractivity contribution is 0.112. The van der Waals surface area contributed by atoms with Gasteiger partial charge in [0, 0.05) is 23.5 Å². The Balaban J connectivity index is 2.24. The first-order valence-corrected chi connectivity index (χ1v) is 5.80. The van der Waals surface area contributed by atoms with Crippen molar-refractivity contribution in [1.29, 1.82) is 0 Å². The van der Waals surface area contributed by atoms with Crippen LogP contribution in [-0.4, -0.2) is 22.8 Å². The minimum atomic E-state index is -0.875. The van der Waals surface area contributed by atoms with Crippen LogP contribution in [0.3, 0.4) is 0 Å². The number of carbonyl (C=O) groups is 1. The van der Waals surface area contributed by atoms with Crippen LogP contribution in [0.5, 0.6) is 0 Å². The van der Waals surface area contributed by atoms with Crippen molar-refractivity contribution in [2.24, 2.45) is 0 Å². The first kappa shape index (κ1) is 9.40. The second-order valence-corrected chi connectivity index (χ2v) is 4.68. The second-order valence-electron chi connectivity index (χ2n) is 3.19. The van der Waals surface area contributed by atoms with Gasteiger partial charge in [-0.25, -0.2) is 4.21 Å². The third kappa shape index (κ3) is 1.70. The zero-order valence-electron chi connectivity index (χ0n) is 7.68. The van der Waals surface area contributed by atoms with E-state index in [2.05, 4.69) is 0 Å². The van der Waals surface area contributed by atoms with Crippen LogP contribution in [0.2, 0.25) is 0 Å². The molecule has 1 saturated heterocycles. The molecule has 0 N–H and O–H groups in total. The van der Waals surface area contributed by atoms with Crippen LogP contribution in [-0.2, 0) is 11.0 Å². The largest absolute Gasteiger partial charge is 0.298 e. The molecular formula is C10H11NO2S. The molecule has 0 bridgehead atoms. The molecule has 0 radical (unpaired) electrons. The van der Waals surface area contributed by atoms with Gasteiger partial charge in [-0.2, -0.15) is 0 Å². The van der Waals surface area contributed by atoms with Gasteiger partial charge >= 0.3 is 0 Å². The van der Waals surface area contributed by atoms with Crippen molar-refractivity contribution in [2.45, 2.75) is 6.42 Å². The first-order valence-electron chi connectivity index (χ1n) is 4.52. The van der Waals surface area contributed by atoms with Crippen LogP contribution >= 0.6 is 0 Å². The van der Waals surface area contributed by atoms with E-state index < -0.39 is 11.0 Å². The smallest absolute Gasteiger partial charge is 0.150 e. The summed E-state index contributed by atoms with van der Waals surface area (Å²) in [6, 6.07) is 7.18. The Morgan fingerprint density at radius 2 is 2.00 bits per heavy atom. The molecule has 1 aromatic carbocycles. The summed E-state index contributed by atoms with van der Waals surface area (Å²) < 4.78 is 13.4. The number of anilines is 1. The third-order valence-electron chi connectivity index (χ3n) is 2.24. The number of nitrogens with zero attached hydrogens (tertiary/aromatic N) is 1. The zero-order chi connectivity index (χ0) is 9.97. The molecule has 3 nitrogen and oxygen atoms in total. The molecule has 2 rings (SSSR count). The van der Waals surface area contributed by atoms with E-state index in [1.54, 1.807) is 12.1 Å². The Hall–Kier alpha value is -1.16. The number of rotatable bonds is 2. The predicted octanol–water partition coefficient (Wildman–Crippen LogP) is 1.37. The number of carbonyl (C=O) groups excluding carboxylic acids is 1. The Bertz CT molecular complexity index is 361. The lowest BCUT2D eigenvalue weighted by atomic mass is 10.2. The SMILES string of the molecule is O=Cc1ccc(N2CCCS2=O)cc1. The van der Waals surface area contributed by atoms with Crippen molar-refractivity contribution >= 4 is 23.0 Å². The number of hydrogen-bond donors (Lipinski definition) is 0. The molecule has 1 aliphatic heterocycles. The zero-order valence-corrected chi connectivity index (χ0v) is 8.50. The summed E-state index contributed by atoms with van der Waals surface area (Å²) in [6.45, 7) is 0.840. The Morgan fingerprint density at radius 1 is 1.29 bits per heavy atom. The highest BCUT2D eigenvalue weighted by molar-refractivity contribution is 7.86. The quantitative estimate of drug-likeness (QED) is 0.690. The summed E-state index contributed by atoms with van der Waals surface area (Å²) in [7, 11) is -0.875. The minimum Gasteiger partial charge on any atom is -0.298 e. The molecule has 1 aromatic rings.